The average molecular weight is 331 g/mol. The van der Waals surface area contributed by atoms with Crippen molar-refractivity contribution in [3.05, 3.63) is 34.9 Å². The first kappa shape index (κ1) is 15.0. The van der Waals surface area contributed by atoms with Crippen LogP contribution in [0.1, 0.15) is 42.4 Å². The predicted molar refractivity (Wildman–Crippen MR) is 79.2 cm³/mol. The lowest BCUT2D eigenvalue weighted by molar-refractivity contribution is -0.0522. The highest BCUT2D eigenvalue weighted by Gasteiger charge is 2.38. The van der Waals surface area contributed by atoms with Crippen LogP contribution in [0.15, 0.2) is 18.2 Å². The average Bonchev–Trinajstić information content (AvgIpc) is 2.32. The Hall–Kier alpha value is -0.440. The van der Waals surface area contributed by atoms with Crippen LogP contribution >= 0.6 is 15.9 Å². The molecule has 0 aliphatic heterocycles. The summed E-state index contributed by atoms with van der Waals surface area (Å²) in [7, 11) is 0. The van der Waals surface area contributed by atoms with E-state index in [4.69, 9.17) is 0 Å². The van der Waals surface area contributed by atoms with E-state index in [2.05, 4.69) is 48.0 Å². The molecule has 1 saturated carbocycles. The fraction of sp³-hybridized carbons (Fsp3) is 0.625. The van der Waals surface area contributed by atoms with Gasteiger partial charge in [-0.3, -0.25) is 0 Å². The molecule has 1 aromatic rings. The summed E-state index contributed by atoms with van der Waals surface area (Å²) in [6.45, 7) is 4.18. The largest absolute Gasteiger partial charge is 0.248 e. The molecular weight excluding hydrogens is 310 g/mol. The lowest BCUT2D eigenvalue weighted by Crippen LogP contribution is -2.31. The second kappa shape index (κ2) is 5.90. The molecule has 1 aromatic carbocycles. The molecule has 0 radical (unpaired) electrons. The van der Waals surface area contributed by atoms with Crippen molar-refractivity contribution in [1.82, 2.24) is 0 Å². The maximum Gasteiger partial charge on any atom is 0.248 e. The van der Waals surface area contributed by atoms with Gasteiger partial charge in [0.05, 0.1) is 0 Å². The van der Waals surface area contributed by atoms with Crippen LogP contribution in [0, 0.1) is 19.8 Å². The first-order valence-corrected chi connectivity index (χ1v) is 7.87. The molecule has 0 nitrogen and oxygen atoms in total. The van der Waals surface area contributed by atoms with Crippen LogP contribution in [0.25, 0.3) is 0 Å². The SMILES string of the molecule is Cc1ccc(CC(Br)C2CCCC(F)(F)C2)cc1C. The molecule has 1 aliphatic rings. The molecule has 2 rings (SSSR count). The van der Waals surface area contributed by atoms with Gasteiger partial charge in [-0.15, -0.1) is 0 Å². The molecule has 0 N–H and O–H groups in total. The Labute approximate surface area is 122 Å². The van der Waals surface area contributed by atoms with Crippen LogP contribution < -0.4 is 0 Å². The summed E-state index contributed by atoms with van der Waals surface area (Å²) >= 11 is 3.64. The monoisotopic (exact) mass is 330 g/mol. The molecule has 3 heteroatoms. The lowest BCUT2D eigenvalue weighted by atomic mass is 9.83. The minimum absolute atomic E-state index is 0.0355. The van der Waals surface area contributed by atoms with Crippen LogP contribution in [0.5, 0.6) is 0 Å². The van der Waals surface area contributed by atoms with Crippen LogP contribution in [0.2, 0.25) is 0 Å². The van der Waals surface area contributed by atoms with Gasteiger partial charge in [0.25, 0.3) is 0 Å². The molecule has 2 unspecified atom stereocenters. The van der Waals surface area contributed by atoms with E-state index >= 15 is 0 Å². The summed E-state index contributed by atoms with van der Waals surface area (Å²) in [4.78, 5) is 0.154. The minimum Gasteiger partial charge on any atom is -0.207 e. The number of rotatable bonds is 3. The second-order valence-electron chi connectivity index (χ2n) is 5.85. The van der Waals surface area contributed by atoms with Crippen molar-refractivity contribution in [3.63, 3.8) is 0 Å². The maximum absolute atomic E-state index is 13.4. The van der Waals surface area contributed by atoms with Crippen molar-refractivity contribution in [3.8, 4) is 0 Å². The van der Waals surface area contributed by atoms with Crippen LogP contribution in [-0.4, -0.2) is 10.7 Å². The lowest BCUT2D eigenvalue weighted by Gasteiger charge is -2.32. The van der Waals surface area contributed by atoms with Gasteiger partial charge < -0.3 is 0 Å². The molecule has 2 atom stereocenters. The predicted octanol–water partition coefficient (Wildman–Crippen LogP) is 5.43. The third-order valence-corrected chi connectivity index (χ3v) is 5.26. The molecule has 1 aliphatic carbocycles. The Morgan fingerprint density at radius 3 is 2.68 bits per heavy atom. The van der Waals surface area contributed by atoms with E-state index in [1.807, 2.05) is 0 Å². The van der Waals surface area contributed by atoms with Gasteiger partial charge in [-0.05, 0) is 55.7 Å². The summed E-state index contributed by atoms with van der Waals surface area (Å²) in [5, 5.41) is 0. The van der Waals surface area contributed by atoms with Crippen LogP contribution in [0.3, 0.4) is 0 Å². The summed E-state index contributed by atoms with van der Waals surface area (Å²) in [6.07, 6.45) is 2.49. The van der Waals surface area contributed by atoms with Gasteiger partial charge in [-0.1, -0.05) is 34.1 Å². The summed E-state index contributed by atoms with van der Waals surface area (Å²) in [5.74, 6) is -2.37. The molecule has 19 heavy (non-hydrogen) atoms. The third kappa shape index (κ3) is 4.01. The molecule has 0 saturated heterocycles. The summed E-state index contributed by atoms with van der Waals surface area (Å²) in [5.41, 5.74) is 3.78. The number of hydrogen-bond acceptors (Lipinski definition) is 0. The number of benzene rings is 1. The molecule has 106 valence electrons. The zero-order valence-electron chi connectivity index (χ0n) is 11.6. The highest BCUT2D eigenvalue weighted by molar-refractivity contribution is 9.09. The smallest absolute Gasteiger partial charge is 0.207 e. The van der Waals surface area contributed by atoms with Crippen molar-refractivity contribution in [2.45, 2.75) is 56.7 Å². The second-order valence-corrected chi connectivity index (χ2v) is 7.03. The van der Waals surface area contributed by atoms with Gasteiger partial charge in [0, 0.05) is 17.7 Å². The number of aryl methyl sites for hydroxylation is 2. The normalized spacial score (nSPS) is 24.2. The van der Waals surface area contributed by atoms with Crippen molar-refractivity contribution in [2.75, 3.05) is 0 Å². The number of halogens is 3. The van der Waals surface area contributed by atoms with Crippen LogP contribution in [-0.2, 0) is 6.42 Å². The topological polar surface area (TPSA) is 0 Å². The highest BCUT2D eigenvalue weighted by Crippen LogP contribution is 2.40. The summed E-state index contributed by atoms with van der Waals surface area (Å²) in [6, 6.07) is 6.39. The van der Waals surface area contributed by atoms with Crippen molar-refractivity contribution in [2.24, 2.45) is 5.92 Å². The van der Waals surface area contributed by atoms with E-state index in [0.717, 1.165) is 12.8 Å². The van der Waals surface area contributed by atoms with Gasteiger partial charge in [-0.2, -0.15) is 0 Å². The van der Waals surface area contributed by atoms with E-state index in [1.165, 1.54) is 16.7 Å². The molecule has 0 heterocycles. The van der Waals surface area contributed by atoms with Crippen molar-refractivity contribution >= 4 is 15.9 Å². The van der Waals surface area contributed by atoms with Crippen molar-refractivity contribution in [1.29, 1.82) is 0 Å². The van der Waals surface area contributed by atoms with E-state index in [1.54, 1.807) is 0 Å². The zero-order chi connectivity index (χ0) is 14.0. The molecular formula is C16H21BrF2. The van der Waals surface area contributed by atoms with Gasteiger partial charge in [-0.25, -0.2) is 8.78 Å². The Morgan fingerprint density at radius 2 is 2.05 bits per heavy atom. The minimum atomic E-state index is -2.46. The quantitative estimate of drug-likeness (QED) is 0.648. The first-order chi connectivity index (χ1) is 8.87. The van der Waals surface area contributed by atoms with E-state index in [-0.39, 0.29) is 23.6 Å². The van der Waals surface area contributed by atoms with Gasteiger partial charge in [0.2, 0.25) is 5.92 Å². The molecule has 1 fully saturated rings. The fourth-order valence-corrected chi connectivity index (χ4v) is 3.67. The van der Waals surface area contributed by atoms with Gasteiger partial charge in [0.15, 0.2) is 0 Å². The Morgan fingerprint density at radius 1 is 1.32 bits per heavy atom. The van der Waals surface area contributed by atoms with Crippen LogP contribution in [0.4, 0.5) is 8.78 Å². The number of alkyl halides is 3. The Bertz CT molecular complexity index is 442. The third-order valence-electron chi connectivity index (χ3n) is 4.19. The molecule has 0 amide bonds. The maximum atomic E-state index is 13.4. The van der Waals surface area contributed by atoms with Crippen molar-refractivity contribution < 1.29 is 8.78 Å². The number of hydrogen-bond donors (Lipinski definition) is 0. The summed E-state index contributed by atoms with van der Waals surface area (Å²) < 4.78 is 26.9. The molecule has 0 spiro atoms. The van der Waals surface area contributed by atoms with E-state index < -0.39 is 5.92 Å². The fourth-order valence-electron chi connectivity index (χ4n) is 2.84. The van der Waals surface area contributed by atoms with E-state index in [0.29, 0.717) is 6.42 Å². The van der Waals surface area contributed by atoms with Gasteiger partial charge in [0.1, 0.15) is 0 Å². The molecule has 0 aromatic heterocycles. The standard InChI is InChI=1S/C16H21BrF2/c1-11-5-6-13(8-12(11)2)9-15(17)14-4-3-7-16(18,19)10-14/h5-6,8,14-15H,3-4,7,9-10H2,1-2H3. The Balaban J connectivity index is 2.00. The first-order valence-electron chi connectivity index (χ1n) is 6.95. The molecule has 0 bridgehead atoms. The van der Waals surface area contributed by atoms with Gasteiger partial charge >= 0.3 is 0 Å². The van der Waals surface area contributed by atoms with E-state index in [9.17, 15) is 8.78 Å². The Kier molecular flexibility index (Phi) is 4.65. The zero-order valence-corrected chi connectivity index (χ0v) is 13.1. The highest BCUT2D eigenvalue weighted by atomic mass is 79.9.